The van der Waals surface area contributed by atoms with Crippen molar-refractivity contribution in [1.29, 1.82) is 0 Å². The van der Waals surface area contributed by atoms with Crippen LogP contribution in [0.1, 0.15) is 44.7 Å². The minimum Gasteiger partial charge on any atom is -0.473 e. The van der Waals surface area contributed by atoms with Gasteiger partial charge in [0.25, 0.3) is 0 Å². The average molecular weight is 646 g/mol. The molecule has 7 rings (SSSR count). The number of piperidine rings is 1. The average Bonchev–Trinajstić information content (AvgIpc) is 3.40. The Labute approximate surface area is 282 Å². The number of carbonyl (C=O) groups is 1. The maximum absolute atomic E-state index is 12.5. The number of rotatable bonds is 8. The number of aryl methyl sites for hydroxylation is 1. The van der Waals surface area contributed by atoms with Crippen LogP contribution >= 0.6 is 0 Å². The molecule has 0 aliphatic carbocycles. The van der Waals surface area contributed by atoms with Crippen LogP contribution in [0.2, 0.25) is 0 Å². The van der Waals surface area contributed by atoms with Crippen LogP contribution in [0.25, 0.3) is 22.2 Å². The number of benzene rings is 3. The highest BCUT2D eigenvalue weighted by Gasteiger charge is 2.47. The first-order chi connectivity index (χ1) is 23.1. The molecule has 248 valence electrons. The molecular weight excluding hydrogens is 602 g/mol. The van der Waals surface area contributed by atoms with E-state index in [0.29, 0.717) is 25.0 Å². The molecule has 2 aliphatic rings. The van der Waals surface area contributed by atoms with Gasteiger partial charge in [0, 0.05) is 55.8 Å². The Kier molecular flexibility index (Phi) is 8.45. The number of ether oxygens (including phenoxy) is 3. The minimum atomic E-state index is -0.471. The van der Waals surface area contributed by atoms with Gasteiger partial charge in [-0.25, -0.2) is 4.79 Å². The highest BCUT2D eigenvalue weighted by atomic mass is 16.6. The lowest BCUT2D eigenvalue weighted by atomic mass is 9.72. The van der Waals surface area contributed by atoms with Crippen LogP contribution < -0.4 is 14.4 Å². The number of aromatic nitrogens is 3. The third-order valence-corrected chi connectivity index (χ3v) is 9.27. The Morgan fingerprint density at radius 2 is 1.48 bits per heavy atom. The normalized spacial score (nSPS) is 15.8. The molecule has 0 atom stereocenters. The summed E-state index contributed by atoms with van der Waals surface area (Å²) in [5, 5.41) is 6.00. The largest absolute Gasteiger partial charge is 0.473 e. The molecular formula is C39H43N5O4. The summed E-state index contributed by atoms with van der Waals surface area (Å²) in [6, 6.07) is 30.6. The van der Waals surface area contributed by atoms with E-state index in [1.807, 2.05) is 110 Å². The van der Waals surface area contributed by atoms with Gasteiger partial charge >= 0.3 is 6.09 Å². The Balaban J connectivity index is 1.09. The second-order valence-electron chi connectivity index (χ2n) is 14.0. The fourth-order valence-electron chi connectivity index (χ4n) is 6.67. The first kappa shape index (κ1) is 31.5. The zero-order chi connectivity index (χ0) is 33.3. The molecule has 0 radical (unpaired) electrons. The molecule has 1 spiro atoms. The van der Waals surface area contributed by atoms with Gasteiger partial charge in [-0.05, 0) is 69.0 Å². The summed E-state index contributed by atoms with van der Waals surface area (Å²) in [6.45, 7) is 9.98. The number of amides is 1. The topological polar surface area (TPSA) is 82.0 Å². The Hall–Kier alpha value is -5.05. The summed E-state index contributed by atoms with van der Waals surface area (Å²) in [4.78, 5) is 21.6. The van der Waals surface area contributed by atoms with Crippen molar-refractivity contribution in [2.45, 2.75) is 52.4 Å². The monoisotopic (exact) mass is 645 g/mol. The SMILES string of the molecule is Cn1nc(-c2ccc(OCc3ccccc3)nc2OCc2ccccc2)c2ccc(N3CCC4(CC3)CN(C(=O)OC(C)(C)C)C4)cc21. The van der Waals surface area contributed by atoms with Crippen LogP contribution in [-0.2, 0) is 25.0 Å². The molecule has 9 nitrogen and oxygen atoms in total. The summed E-state index contributed by atoms with van der Waals surface area (Å²) < 4.78 is 19.9. The summed E-state index contributed by atoms with van der Waals surface area (Å²) in [7, 11) is 1.98. The quantitative estimate of drug-likeness (QED) is 0.172. The molecule has 2 aliphatic heterocycles. The number of nitrogens with zero attached hydrogens (tertiary/aromatic N) is 5. The Morgan fingerprint density at radius 1 is 0.833 bits per heavy atom. The lowest BCUT2D eigenvalue weighted by Crippen LogP contribution is -2.62. The predicted molar refractivity (Wildman–Crippen MR) is 187 cm³/mol. The standard InChI is InChI=1S/C39H43N5O4/c1-38(2,3)48-37(45)44-26-39(27-44)19-21-43(22-20-39)30-15-16-31-33(23-30)42(4)41-35(31)32-17-18-34(46-24-28-11-7-5-8-12-28)40-36(32)47-25-29-13-9-6-10-14-29/h5-18,23H,19-22,24-27H2,1-4H3. The fourth-order valence-corrected chi connectivity index (χ4v) is 6.67. The molecule has 3 aromatic carbocycles. The molecule has 2 saturated heterocycles. The van der Waals surface area contributed by atoms with Crippen molar-refractivity contribution in [3.05, 3.63) is 102 Å². The van der Waals surface area contributed by atoms with E-state index in [2.05, 4.69) is 23.1 Å². The first-order valence-corrected chi connectivity index (χ1v) is 16.7. The lowest BCUT2D eigenvalue weighted by molar-refractivity contribution is -0.0434. The molecule has 5 aromatic rings. The van der Waals surface area contributed by atoms with Crippen molar-refractivity contribution in [2.24, 2.45) is 12.5 Å². The number of likely N-dealkylation sites (tertiary alicyclic amines) is 1. The van der Waals surface area contributed by atoms with Gasteiger partial charge in [-0.1, -0.05) is 60.7 Å². The van der Waals surface area contributed by atoms with E-state index < -0.39 is 5.60 Å². The van der Waals surface area contributed by atoms with Crippen molar-refractivity contribution in [3.63, 3.8) is 0 Å². The van der Waals surface area contributed by atoms with Crippen LogP contribution in [0.4, 0.5) is 10.5 Å². The van der Waals surface area contributed by atoms with E-state index in [-0.39, 0.29) is 11.5 Å². The van der Waals surface area contributed by atoms with Crippen molar-refractivity contribution in [1.82, 2.24) is 19.7 Å². The molecule has 9 heteroatoms. The van der Waals surface area contributed by atoms with E-state index in [9.17, 15) is 4.79 Å². The van der Waals surface area contributed by atoms with Gasteiger partial charge in [0.15, 0.2) is 0 Å². The van der Waals surface area contributed by atoms with Gasteiger partial charge in [0.1, 0.15) is 24.5 Å². The predicted octanol–water partition coefficient (Wildman–Crippen LogP) is 7.63. The number of carbonyl (C=O) groups excluding carboxylic acids is 1. The maximum Gasteiger partial charge on any atom is 0.410 e. The van der Waals surface area contributed by atoms with Crippen LogP contribution in [0.3, 0.4) is 0 Å². The molecule has 2 aromatic heterocycles. The van der Waals surface area contributed by atoms with E-state index in [0.717, 1.165) is 72.3 Å². The molecule has 0 unspecified atom stereocenters. The summed E-state index contributed by atoms with van der Waals surface area (Å²) in [6.07, 6.45) is 1.90. The number of anilines is 1. The van der Waals surface area contributed by atoms with Gasteiger partial charge in [-0.15, -0.1) is 0 Å². The third kappa shape index (κ3) is 6.81. The molecule has 0 N–H and O–H groups in total. The molecule has 4 heterocycles. The van der Waals surface area contributed by atoms with Gasteiger partial charge in [0.2, 0.25) is 11.8 Å². The smallest absolute Gasteiger partial charge is 0.410 e. The molecule has 48 heavy (non-hydrogen) atoms. The van der Waals surface area contributed by atoms with Crippen LogP contribution in [0, 0.1) is 5.41 Å². The number of hydrogen-bond donors (Lipinski definition) is 0. The number of pyridine rings is 1. The summed E-state index contributed by atoms with van der Waals surface area (Å²) in [5.41, 5.74) is 5.70. The maximum atomic E-state index is 12.5. The van der Waals surface area contributed by atoms with E-state index in [4.69, 9.17) is 24.3 Å². The van der Waals surface area contributed by atoms with Crippen molar-refractivity contribution < 1.29 is 19.0 Å². The Morgan fingerprint density at radius 3 is 2.12 bits per heavy atom. The van der Waals surface area contributed by atoms with Gasteiger partial charge in [-0.3, -0.25) is 4.68 Å². The molecule has 0 saturated carbocycles. The Bertz CT molecular complexity index is 1880. The first-order valence-electron chi connectivity index (χ1n) is 16.7. The van der Waals surface area contributed by atoms with Crippen molar-refractivity contribution in [2.75, 3.05) is 31.1 Å². The zero-order valence-electron chi connectivity index (χ0n) is 28.2. The van der Waals surface area contributed by atoms with E-state index >= 15 is 0 Å². The lowest BCUT2D eigenvalue weighted by Gasteiger charge is -2.54. The van der Waals surface area contributed by atoms with Gasteiger partial charge in [-0.2, -0.15) is 10.1 Å². The number of fused-ring (bicyclic) bond motifs is 1. The molecule has 2 fully saturated rings. The zero-order valence-corrected chi connectivity index (χ0v) is 28.2. The summed E-state index contributed by atoms with van der Waals surface area (Å²) in [5.74, 6) is 0.979. The highest BCUT2D eigenvalue weighted by Crippen LogP contribution is 2.43. The second-order valence-corrected chi connectivity index (χ2v) is 14.0. The number of hydrogen-bond acceptors (Lipinski definition) is 7. The fraction of sp³-hybridized carbons (Fsp3) is 0.359. The summed E-state index contributed by atoms with van der Waals surface area (Å²) >= 11 is 0. The van der Waals surface area contributed by atoms with Gasteiger partial charge in [0.05, 0.1) is 11.1 Å². The molecule has 0 bridgehead atoms. The minimum absolute atomic E-state index is 0.192. The van der Waals surface area contributed by atoms with Crippen LogP contribution in [0.15, 0.2) is 91.0 Å². The van der Waals surface area contributed by atoms with Crippen LogP contribution in [-0.4, -0.2) is 57.5 Å². The van der Waals surface area contributed by atoms with E-state index in [1.54, 1.807) is 0 Å². The van der Waals surface area contributed by atoms with E-state index in [1.165, 1.54) is 5.69 Å². The third-order valence-electron chi connectivity index (χ3n) is 9.27. The van der Waals surface area contributed by atoms with Crippen molar-refractivity contribution >= 4 is 22.7 Å². The van der Waals surface area contributed by atoms with Crippen molar-refractivity contribution in [3.8, 4) is 23.0 Å². The van der Waals surface area contributed by atoms with Gasteiger partial charge < -0.3 is 24.0 Å². The highest BCUT2D eigenvalue weighted by molar-refractivity contribution is 5.96. The molecule has 1 amide bonds. The second kappa shape index (κ2) is 12.9. The van der Waals surface area contributed by atoms with Crippen LogP contribution in [0.5, 0.6) is 11.8 Å².